The van der Waals surface area contributed by atoms with Crippen molar-refractivity contribution < 1.29 is 18.3 Å². The van der Waals surface area contributed by atoms with Gasteiger partial charge in [0.1, 0.15) is 35.7 Å². The molecule has 0 saturated heterocycles. The van der Waals surface area contributed by atoms with Crippen molar-refractivity contribution in [2.24, 2.45) is 0 Å². The second-order valence-electron chi connectivity index (χ2n) is 7.58. The molecule has 4 rings (SSSR count). The molecule has 2 heterocycles. The maximum atomic E-state index is 14.8. The highest BCUT2D eigenvalue weighted by Gasteiger charge is 2.37. The van der Waals surface area contributed by atoms with E-state index in [1.807, 2.05) is 0 Å². The molecular weight excluding hydrogens is 473 g/mol. The molecule has 12 heteroatoms. The van der Waals surface area contributed by atoms with Gasteiger partial charge in [-0.3, -0.25) is 4.98 Å². The minimum atomic E-state index is -2.07. The van der Waals surface area contributed by atoms with Crippen molar-refractivity contribution in [3.63, 3.8) is 0 Å². The molecule has 1 atom stereocenters. The number of hydrogen-bond acceptors (Lipinski definition) is 6. The highest BCUT2D eigenvalue weighted by Crippen LogP contribution is 2.31. The highest BCUT2D eigenvalue weighted by molar-refractivity contribution is 6.31. The van der Waals surface area contributed by atoms with Crippen LogP contribution in [0.15, 0.2) is 66.1 Å². The van der Waals surface area contributed by atoms with Gasteiger partial charge in [0.15, 0.2) is 5.82 Å². The van der Waals surface area contributed by atoms with Crippen molar-refractivity contribution in [1.82, 2.24) is 24.7 Å². The number of halogens is 4. The van der Waals surface area contributed by atoms with Crippen molar-refractivity contribution in [3.8, 4) is 0 Å². The van der Waals surface area contributed by atoms with Crippen LogP contribution in [0.2, 0.25) is 5.02 Å². The van der Waals surface area contributed by atoms with Crippen LogP contribution in [0, 0.1) is 17.5 Å². The molecule has 0 fully saturated rings. The Morgan fingerprint density at radius 2 is 1.94 bits per heavy atom. The second kappa shape index (κ2) is 9.65. The van der Waals surface area contributed by atoms with Crippen molar-refractivity contribution in [3.05, 3.63) is 105 Å². The molecule has 2 aromatic heterocycles. The average Bonchev–Trinajstić information content (AvgIpc) is 3.29. The molecule has 8 nitrogen and oxygen atoms in total. The molecule has 0 saturated carbocycles. The van der Waals surface area contributed by atoms with Gasteiger partial charge in [0.2, 0.25) is 0 Å². The van der Waals surface area contributed by atoms with Crippen LogP contribution in [0.4, 0.5) is 19.0 Å². The third-order valence-electron chi connectivity index (χ3n) is 5.16. The van der Waals surface area contributed by atoms with E-state index in [2.05, 4.69) is 20.1 Å². The monoisotopic (exact) mass is 490 g/mol. The van der Waals surface area contributed by atoms with Crippen LogP contribution in [0.25, 0.3) is 0 Å². The molecule has 0 spiro atoms. The number of benzene rings is 2. The van der Waals surface area contributed by atoms with Gasteiger partial charge in [-0.1, -0.05) is 35.9 Å². The van der Waals surface area contributed by atoms with Crippen molar-refractivity contribution in [1.29, 1.82) is 0 Å². The Labute approximate surface area is 196 Å². The number of H-pyrrole nitrogens is 1. The van der Waals surface area contributed by atoms with Crippen molar-refractivity contribution in [2.45, 2.75) is 18.7 Å². The van der Waals surface area contributed by atoms with Crippen LogP contribution in [0.5, 0.6) is 0 Å². The van der Waals surface area contributed by atoms with Crippen LogP contribution >= 0.6 is 11.6 Å². The minimum Gasteiger partial charge on any atom is -0.381 e. The number of rotatable bonds is 8. The molecule has 0 aliphatic heterocycles. The van der Waals surface area contributed by atoms with Gasteiger partial charge >= 0.3 is 5.69 Å². The predicted octanol–water partition coefficient (Wildman–Crippen LogP) is 3.03. The first-order chi connectivity index (χ1) is 16.2. The predicted molar refractivity (Wildman–Crippen MR) is 118 cm³/mol. The largest absolute Gasteiger partial charge is 0.381 e. The smallest absolute Gasteiger partial charge is 0.346 e. The second-order valence-corrected chi connectivity index (χ2v) is 7.99. The maximum absolute atomic E-state index is 14.8. The number of aromatic nitrogens is 5. The third-order valence-corrected chi connectivity index (χ3v) is 5.53. The van der Waals surface area contributed by atoms with E-state index < -0.39 is 35.3 Å². The number of nitrogens with zero attached hydrogens (tertiary/aromatic N) is 5. The summed E-state index contributed by atoms with van der Waals surface area (Å²) in [5.41, 5.74) is -2.61. The Bertz CT molecular complexity index is 1350. The highest BCUT2D eigenvalue weighted by atomic mass is 35.5. The molecule has 1 unspecified atom stereocenters. The number of aromatic amines is 1. The van der Waals surface area contributed by atoms with Crippen LogP contribution in [-0.4, -0.2) is 36.4 Å². The van der Waals surface area contributed by atoms with E-state index in [4.69, 9.17) is 11.6 Å². The Morgan fingerprint density at radius 1 is 1.15 bits per heavy atom. The molecule has 0 aliphatic rings. The van der Waals surface area contributed by atoms with Crippen molar-refractivity contribution in [2.75, 3.05) is 11.4 Å². The van der Waals surface area contributed by atoms with E-state index in [1.165, 1.54) is 22.2 Å². The first-order valence-electron chi connectivity index (χ1n) is 9.99. The molecule has 0 amide bonds. The lowest BCUT2D eigenvalue weighted by molar-refractivity contribution is 0.0179. The lowest BCUT2D eigenvalue weighted by Crippen LogP contribution is -2.45. The summed E-state index contributed by atoms with van der Waals surface area (Å²) in [7, 11) is 0. The third kappa shape index (κ3) is 5.10. The SMILES string of the molecule is O=c1ncc(F)c(N(Cc2ccccc2Cl)CC(O)(Cn2cncn2)c2ccc(F)cc2F)[nH]1. The number of nitrogens with one attached hydrogen (secondary N) is 1. The quantitative estimate of drug-likeness (QED) is 0.394. The first kappa shape index (κ1) is 23.5. The lowest BCUT2D eigenvalue weighted by Gasteiger charge is -2.36. The Kier molecular flexibility index (Phi) is 6.66. The Hall–Kier alpha value is -3.70. The maximum Gasteiger partial charge on any atom is 0.346 e. The van der Waals surface area contributed by atoms with Gasteiger partial charge in [0.25, 0.3) is 0 Å². The number of anilines is 1. The van der Waals surface area contributed by atoms with E-state index in [0.29, 0.717) is 16.7 Å². The van der Waals surface area contributed by atoms with E-state index >= 15 is 0 Å². The van der Waals surface area contributed by atoms with Crippen LogP contribution in [0.1, 0.15) is 11.1 Å². The number of hydrogen-bond donors (Lipinski definition) is 2. The van der Waals surface area contributed by atoms with E-state index in [1.54, 1.807) is 24.3 Å². The van der Waals surface area contributed by atoms with Crippen molar-refractivity contribution >= 4 is 17.4 Å². The fourth-order valence-electron chi connectivity index (χ4n) is 3.63. The molecular formula is C22H18ClF3N6O2. The molecule has 4 aromatic rings. The molecule has 176 valence electrons. The fourth-order valence-corrected chi connectivity index (χ4v) is 3.83. The average molecular weight is 491 g/mol. The topological polar surface area (TPSA) is 99.9 Å². The standard InChI is InChI=1S/C22H18ClF3N6O2/c23-17-4-2-1-3-14(17)9-31(20-19(26)8-28-21(33)30-20)10-22(34,11-32-13-27-12-29-32)16-6-5-15(24)7-18(16)25/h1-8,12-13,34H,9-11H2,(H,28,30,33). The van der Waals surface area contributed by atoms with Crippen LogP contribution in [0.3, 0.4) is 0 Å². The van der Waals surface area contributed by atoms with Gasteiger partial charge in [-0.15, -0.1) is 0 Å². The lowest BCUT2D eigenvalue weighted by atomic mass is 9.92. The summed E-state index contributed by atoms with van der Waals surface area (Å²) in [6.07, 6.45) is 3.27. The summed E-state index contributed by atoms with van der Waals surface area (Å²) < 4.78 is 44.5. The molecule has 2 aromatic carbocycles. The molecule has 0 aliphatic carbocycles. The summed E-state index contributed by atoms with van der Waals surface area (Å²) in [6.45, 7) is -0.831. The summed E-state index contributed by atoms with van der Waals surface area (Å²) >= 11 is 6.28. The van der Waals surface area contributed by atoms with Gasteiger partial charge in [-0.2, -0.15) is 10.1 Å². The van der Waals surface area contributed by atoms with Crippen LogP contribution < -0.4 is 10.6 Å². The first-order valence-corrected chi connectivity index (χ1v) is 10.4. The molecule has 34 heavy (non-hydrogen) atoms. The zero-order valence-electron chi connectivity index (χ0n) is 17.5. The van der Waals surface area contributed by atoms with Gasteiger partial charge in [-0.05, 0) is 17.7 Å². The zero-order chi connectivity index (χ0) is 24.3. The van der Waals surface area contributed by atoms with E-state index in [0.717, 1.165) is 18.3 Å². The molecule has 0 bridgehead atoms. The van der Waals surface area contributed by atoms with Gasteiger partial charge in [-0.25, -0.2) is 27.6 Å². The van der Waals surface area contributed by atoms with Crippen LogP contribution in [-0.2, 0) is 18.7 Å². The normalized spacial score (nSPS) is 13.0. The fraction of sp³-hybridized carbons (Fsp3) is 0.182. The molecule has 2 N–H and O–H groups in total. The zero-order valence-corrected chi connectivity index (χ0v) is 18.3. The van der Waals surface area contributed by atoms with Gasteiger partial charge in [0.05, 0.1) is 19.3 Å². The van der Waals surface area contributed by atoms with Gasteiger partial charge < -0.3 is 10.0 Å². The summed E-state index contributed by atoms with van der Waals surface area (Å²) in [4.78, 5) is 22.7. The molecule has 0 radical (unpaired) electrons. The summed E-state index contributed by atoms with van der Waals surface area (Å²) in [6, 6.07) is 9.46. The Morgan fingerprint density at radius 3 is 2.65 bits per heavy atom. The van der Waals surface area contributed by atoms with E-state index in [-0.39, 0.29) is 24.5 Å². The van der Waals surface area contributed by atoms with E-state index in [9.17, 15) is 23.1 Å². The minimum absolute atomic E-state index is 0.0704. The Balaban J connectivity index is 1.82. The van der Waals surface area contributed by atoms with Gasteiger partial charge in [0, 0.05) is 23.2 Å². The summed E-state index contributed by atoms with van der Waals surface area (Å²) in [5, 5.41) is 16.0. The number of aliphatic hydroxyl groups is 1. The summed E-state index contributed by atoms with van der Waals surface area (Å²) in [5.74, 6) is -3.01.